The Morgan fingerprint density at radius 3 is 2.37 bits per heavy atom. The predicted octanol–water partition coefficient (Wildman–Crippen LogP) is 3.11. The van der Waals surface area contributed by atoms with Crippen molar-refractivity contribution in [3.8, 4) is 5.75 Å². The molecule has 2 aromatic rings. The second kappa shape index (κ2) is 10.1. The number of hydrogen-bond acceptors (Lipinski definition) is 5. The Hall–Kier alpha value is -3.06. The highest BCUT2D eigenvalue weighted by Gasteiger charge is 2.20. The first kappa shape index (κ1) is 21.6. The van der Waals surface area contributed by atoms with Crippen LogP contribution >= 0.6 is 0 Å². The van der Waals surface area contributed by atoms with Gasteiger partial charge in [-0.2, -0.15) is 0 Å². The maximum absolute atomic E-state index is 12.4. The SMILES string of the molecule is CCCN1CCN(c2ccc(NC(=O)Cc3ccc(OC)cc3)c(C(=O)O)c2)CC1. The van der Waals surface area contributed by atoms with Crippen LogP contribution in [0.25, 0.3) is 0 Å². The monoisotopic (exact) mass is 411 g/mol. The van der Waals surface area contributed by atoms with E-state index >= 15 is 0 Å². The minimum absolute atomic E-state index is 0.103. The fourth-order valence-corrected chi connectivity index (χ4v) is 3.68. The maximum atomic E-state index is 12.4. The van der Waals surface area contributed by atoms with Gasteiger partial charge in [-0.05, 0) is 48.9 Å². The van der Waals surface area contributed by atoms with Gasteiger partial charge in [0.1, 0.15) is 5.75 Å². The second-order valence-corrected chi connectivity index (χ2v) is 7.44. The highest BCUT2D eigenvalue weighted by Crippen LogP contribution is 2.25. The van der Waals surface area contributed by atoms with Gasteiger partial charge in [0.2, 0.25) is 5.91 Å². The number of benzene rings is 2. The number of carboxylic acids is 1. The lowest BCUT2D eigenvalue weighted by atomic mass is 10.1. The molecule has 0 aliphatic carbocycles. The summed E-state index contributed by atoms with van der Waals surface area (Å²) in [4.78, 5) is 28.9. The first-order valence-electron chi connectivity index (χ1n) is 10.3. The van der Waals surface area contributed by atoms with E-state index in [1.54, 1.807) is 31.4 Å². The van der Waals surface area contributed by atoms with Gasteiger partial charge in [-0.25, -0.2) is 4.79 Å². The number of carbonyl (C=O) groups is 2. The summed E-state index contributed by atoms with van der Waals surface area (Å²) in [6.07, 6.45) is 1.29. The quantitative estimate of drug-likeness (QED) is 0.695. The lowest BCUT2D eigenvalue weighted by molar-refractivity contribution is -0.115. The molecule has 1 saturated heterocycles. The molecule has 0 atom stereocenters. The van der Waals surface area contributed by atoms with E-state index < -0.39 is 5.97 Å². The number of nitrogens with one attached hydrogen (secondary N) is 1. The number of amides is 1. The van der Waals surface area contributed by atoms with Gasteiger partial charge in [0.05, 0.1) is 24.8 Å². The first-order valence-corrected chi connectivity index (χ1v) is 10.3. The first-order chi connectivity index (χ1) is 14.5. The van der Waals surface area contributed by atoms with Crippen molar-refractivity contribution in [3.63, 3.8) is 0 Å². The van der Waals surface area contributed by atoms with Gasteiger partial charge in [-0.15, -0.1) is 0 Å². The lowest BCUT2D eigenvalue weighted by Gasteiger charge is -2.36. The molecule has 1 aliphatic heterocycles. The van der Waals surface area contributed by atoms with Gasteiger partial charge in [-0.3, -0.25) is 9.69 Å². The molecule has 0 radical (unpaired) electrons. The van der Waals surface area contributed by atoms with Gasteiger partial charge in [0, 0.05) is 31.9 Å². The molecule has 3 rings (SSSR count). The summed E-state index contributed by atoms with van der Waals surface area (Å²) in [7, 11) is 1.59. The average molecular weight is 412 g/mol. The van der Waals surface area contributed by atoms with Crippen LogP contribution in [0, 0.1) is 0 Å². The number of methoxy groups -OCH3 is 1. The molecule has 1 fully saturated rings. The largest absolute Gasteiger partial charge is 0.497 e. The third-order valence-corrected chi connectivity index (χ3v) is 5.31. The van der Waals surface area contributed by atoms with Crippen molar-refractivity contribution in [2.75, 3.05) is 50.1 Å². The van der Waals surface area contributed by atoms with Crippen LogP contribution in [-0.2, 0) is 11.2 Å². The Morgan fingerprint density at radius 1 is 1.07 bits per heavy atom. The highest BCUT2D eigenvalue weighted by molar-refractivity contribution is 6.01. The Balaban J connectivity index is 1.67. The van der Waals surface area contributed by atoms with Crippen LogP contribution in [0.15, 0.2) is 42.5 Å². The van der Waals surface area contributed by atoms with Crippen molar-refractivity contribution in [1.29, 1.82) is 0 Å². The lowest BCUT2D eigenvalue weighted by Crippen LogP contribution is -2.46. The zero-order valence-electron chi connectivity index (χ0n) is 17.6. The van der Waals surface area contributed by atoms with Gasteiger partial charge >= 0.3 is 5.97 Å². The van der Waals surface area contributed by atoms with E-state index in [0.717, 1.165) is 56.1 Å². The Labute approximate surface area is 177 Å². The number of anilines is 2. The third-order valence-electron chi connectivity index (χ3n) is 5.31. The van der Waals surface area contributed by atoms with Crippen LogP contribution < -0.4 is 15.0 Å². The number of rotatable bonds is 8. The number of hydrogen-bond donors (Lipinski definition) is 2. The minimum Gasteiger partial charge on any atom is -0.497 e. The Bertz CT molecular complexity index is 875. The molecule has 0 aromatic heterocycles. The van der Waals surface area contributed by atoms with Gasteiger partial charge in [0.15, 0.2) is 0 Å². The molecular formula is C23H29N3O4. The number of piperazine rings is 1. The molecule has 0 spiro atoms. The highest BCUT2D eigenvalue weighted by atomic mass is 16.5. The van der Waals surface area contributed by atoms with E-state index in [-0.39, 0.29) is 17.9 Å². The molecule has 0 saturated carbocycles. The van der Waals surface area contributed by atoms with E-state index in [2.05, 4.69) is 22.0 Å². The molecule has 1 heterocycles. The molecule has 160 valence electrons. The van der Waals surface area contributed by atoms with Crippen LogP contribution in [0.2, 0.25) is 0 Å². The zero-order valence-corrected chi connectivity index (χ0v) is 17.6. The summed E-state index contributed by atoms with van der Waals surface area (Å²) in [5, 5.41) is 12.4. The number of aromatic carboxylic acids is 1. The number of carboxylic acid groups (broad SMARTS) is 1. The summed E-state index contributed by atoms with van der Waals surface area (Å²) in [6, 6.07) is 12.4. The van der Waals surface area contributed by atoms with Crippen molar-refractivity contribution >= 4 is 23.3 Å². The van der Waals surface area contributed by atoms with Crippen molar-refractivity contribution in [3.05, 3.63) is 53.6 Å². The number of carbonyl (C=O) groups excluding carboxylic acids is 1. The zero-order chi connectivity index (χ0) is 21.5. The van der Waals surface area contributed by atoms with Crippen molar-refractivity contribution in [2.24, 2.45) is 0 Å². The number of nitrogens with zero attached hydrogens (tertiary/aromatic N) is 2. The fraction of sp³-hybridized carbons (Fsp3) is 0.391. The molecule has 7 heteroatoms. The molecule has 1 amide bonds. The molecule has 0 unspecified atom stereocenters. The van der Waals surface area contributed by atoms with Crippen LogP contribution in [-0.4, -0.2) is 61.7 Å². The maximum Gasteiger partial charge on any atom is 0.337 e. The molecule has 2 N–H and O–H groups in total. The molecular weight excluding hydrogens is 382 g/mol. The average Bonchev–Trinajstić information content (AvgIpc) is 2.75. The van der Waals surface area contributed by atoms with Gasteiger partial charge < -0.3 is 20.1 Å². The van der Waals surface area contributed by atoms with Gasteiger partial charge in [-0.1, -0.05) is 19.1 Å². The Morgan fingerprint density at radius 2 is 1.77 bits per heavy atom. The molecule has 1 aliphatic rings. The van der Waals surface area contributed by atoms with E-state index in [4.69, 9.17) is 4.74 Å². The van der Waals surface area contributed by atoms with Crippen molar-refractivity contribution in [2.45, 2.75) is 19.8 Å². The third kappa shape index (κ3) is 5.51. The topological polar surface area (TPSA) is 82.1 Å². The van der Waals surface area contributed by atoms with Crippen LogP contribution in [0.5, 0.6) is 5.75 Å². The summed E-state index contributed by atoms with van der Waals surface area (Å²) in [5.74, 6) is -0.594. The van der Waals surface area contributed by atoms with E-state index in [1.165, 1.54) is 0 Å². The Kier molecular flexibility index (Phi) is 7.30. The van der Waals surface area contributed by atoms with E-state index in [1.807, 2.05) is 18.2 Å². The smallest absolute Gasteiger partial charge is 0.337 e. The normalized spacial score (nSPS) is 14.4. The molecule has 0 bridgehead atoms. The fourth-order valence-electron chi connectivity index (χ4n) is 3.68. The summed E-state index contributed by atoms with van der Waals surface area (Å²) in [6.45, 7) is 6.93. The number of ether oxygens (including phenoxy) is 1. The second-order valence-electron chi connectivity index (χ2n) is 7.44. The van der Waals surface area contributed by atoms with Crippen LogP contribution in [0.3, 0.4) is 0 Å². The van der Waals surface area contributed by atoms with E-state index in [9.17, 15) is 14.7 Å². The summed E-state index contributed by atoms with van der Waals surface area (Å²) >= 11 is 0. The minimum atomic E-state index is -1.05. The molecule has 2 aromatic carbocycles. The predicted molar refractivity (Wildman–Crippen MR) is 118 cm³/mol. The standard InChI is InChI=1S/C23H29N3O4/c1-3-10-25-11-13-26(14-12-25)18-6-9-21(20(16-18)23(28)29)24-22(27)15-17-4-7-19(30-2)8-5-17/h4-9,16H,3,10-15H2,1-2H3,(H,24,27)(H,28,29). The van der Waals surface area contributed by atoms with Crippen molar-refractivity contribution in [1.82, 2.24) is 4.90 Å². The van der Waals surface area contributed by atoms with E-state index in [0.29, 0.717) is 5.69 Å². The van der Waals surface area contributed by atoms with Gasteiger partial charge in [0.25, 0.3) is 0 Å². The molecule has 7 nitrogen and oxygen atoms in total. The molecule has 30 heavy (non-hydrogen) atoms. The summed E-state index contributed by atoms with van der Waals surface area (Å²) < 4.78 is 5.12. The summed E-state index contributed by atoms with van der Waals surface area (Å²) in [5.41, 5.74) is 2.12. The van der Waals surface area contributed by atoms with Crippen molar-refractivity contribution < 1.29 is 19.4 Å². The van der Waals surface area contributed by atoms with Crippen LogP contribution in [0.1, 0.15) is 29.3 Å². The van der Waals surface area contributed by atoms with Crippen LogP contribution in [0.4, 0.5) is 11.4 Å².